The molecule has 1 amide bonds. The first-order valence-corrected chi connectivity index (χ1v) is 4.31. The number of hydrogen-bond donors (Lipinski definition) is 2. The molecule has 3 nitrogen and oxygen atoms in total. The zero-order valence-corrected chi connectivity index (χ0v) is 8.05. The zero-order valence-electron chi connectivity index (χ0n) is 8.05. The molecule has 0 spiro atoms. The van der Waals surface area contributed by atoms with Gasteiger partial charge in [0.2, 0.25) is 5.91 Å². The van der Waals surface area contributed by atoms with Crippen molar-refractivity contribution in [1.29, 1.82) is 0 Å². The van der Waals surface area contributed by atoms with Crippen molar-refractivity contribution in [3.63, 3.8) is 0 Å². The topological polar surface area (TPSA) is 41.1 Å². The first kappa shape index (κ1) is 11.2. The lowest BCUT2D eigenvalue weighted by Gasteiger charge is -2.05. The minimum Gasteiger partial charge on any atom is -0.356 e. The molecule has 2 N–H and O–H groups in total. The van der Waals surface area contributed by atoms with Gasteiger partial charge in [0.25, 0.3) is 0 Å². The summed E-state index contributed by atoms with van der Waals surface area (Å²) in [6.07, 6.45) is 3.48. The van der Waals surface area contributed by atoms with E-state index in [-0.39, 0.29) is 5.91 Å². The van der Waals surface area contributed by atoms with E-state index in [1.807, 2.05) is 6.08 Å². The van der Waals surface area contributed by atoms with Crippen molar-refractivity contribution in [1.82, 2.24) is 10.6 Å². The highest BCUT2D eigenvalue weighted by atomic mass is 16.1. The maximum absolute atomic E-state index is 10.8. The van der Waals surface area contributed by atoms with Gasteiger partial charge in [0, 0.05) is 13.6 Å². The number of amides is 1. The Morgan fingerprint density at radius 2 is 2.25 bits per heavy atom. The van der Waals surface area contributed by atoms with E-state index in [9.17, 15) is 4.79 Å². The number of carbonyl (C=O) groups excluding carboxylic acids is 1. The summed E-state index contributed by atoms with van der Waals surface area (Å²) < 4.78 is 0. The Balaban J connectivity index is 3.59. The Morgan fingerprint density at radius 1 is 1.58 bits per heavy atom. The van der Waals surface area contributed by atoms with Crippen LogP contribution in [0.4, 0.5) is 0 Å². The summed E-state index contributed by atoms with van der Waals surface area (Å²) in [4.78, 5) is 10.8. The van der Waals surface area contributed by atoms with Crippen LogP contribution < -0.4 is 10.6 Å². The predicted molar refractivity (Wildman–Crippen MR) is 50.9 cm³/mol. The van der Waals surface area contributed by atoms with E-state index < -0.39 is 0 Å². The average Bonchev–Trinajstić information content (AvgIpc) is 2.10. The van der Waals surface area contributed by atoms with Crippen molar-refractivity contribution in [2.24, 2.45) is 5.92 Å². The molecule has 0 aliphatic rings. The lowest BCUT2D eigenvalue weighted by atomic mass is 10.1. The quantitative estimate of drug-likeness (QED) is 0.591. The number of rotatable bonds is 5. The van der Waals surface area contributed by atoms with E-state index in [4.69, 9.17) is 0 Å². The van der Waals surface area contributed by atoms with Crippen molar-refractivity contribution in [3.05, 3.63) is 12.2 Å². The van der Waals surface area contributed by atoms with Gasteiger partial charge in [-0.05, 0) is 18.5 Å². The average molecular weight is 170 g/mol. The maximum atomic E-state index is 10.8. The van der Waals surface area contributed by atoms with Gasteiger partial charge in [0.05, 0.1) is 0 Å². The standard InChI is InChI=1S/C9H18N2O/c1-4-11-7-8(2)5-6-9(12)10-3/h5-6,8,11H,4,7H2,1-3H3,(H,10,12). The fourth-order valence-electron chi connectivity index (χ4n) is 0.775. The molecular formula is C9H18N2O. The minimum absolute atomic E-state index is 0.0432. The van der Waals surface area contributed by atoms with Crippen LogP contribution in [-0.4, -0.2) is 26.0 Å². The fraction of sp³-hybridized carbons (Fsp3) is 0.667. The normalized spacial score (nSPS) is 13.2. The van der Waals surface area contributed by atoms with Gasteiger partial charge in [0.15, 0.2) is 0 Å². The van der Waals surface area contributed by atoms with Gasteiger partial charge >= 0.3 is 0 Å². The third-order valence-corrected chi connectivity index (χ3v) is 1.54. The van der Waals surface area contributed by atoms with E-state index in [2.05, 4.69) is 24.5 Å². The molecule has 0 rings (SSSR count). The van der Waals surface area contributed by atoms with Crippen LogP contribution in [0.3, 0.4) is 0 Å². The van der Waals surface area contributed by atoms with Gasteiger partial charge in [0.1, 0.15) is 0 Å². The van der Waals surface area contributed by atoms with Crippen LogP contribution in [0.5, 0.6) is 0 Å². The van der Waals surface area contributed by atoms with Crippen LogP contribution in [0.25, 0.3) is 0 Å². The van der Waals surface area contributed by atoms with Gasteiger partial charge < -0.3 is 10.6 Å². The minimum atomic E-state index is -0.0432. The summed E-state index contributed by atoms with van der Waals surface area (Å²) in [5.41, 5.74) is 0. The van der Waals surface area contributed by atoms with Crippen LogP contribution in [0, 0.1) is 5.92 Å². The number of carbonyl (C=O) groups is 1. The summed E-state index contributed by atoms with van der Waals surface area (Å²) in [6, 6.07) is 0. The highest BCUT2D eigenvalue weighted by molar-refractivity contribution is 5.87. The first-order chi connectivity index (χ1) is 5.70. The Kier molecular flexibility index (Phi) is 6.38. The highest BCUT2D eigenvalue weighted by Gasteiger charge is 1.95. The molecule has 0 aliphatic carbocycles. The molecule has 0 aliphatic heterocycles. The molecule has 0 saturated carbocycles. The molecule has 0 fully saturated rings. The van der Waals surface area contributed by atoms with Crippen LogP contribution in [0.2, 0.25) is 0 Å². The molecule has 70 valence electrons. The second-order valence-electron chi connectivity index (χ2n) is 2.76. The Morgan fingerprint density at radius 3 is 2.75 bits per heavy atom. The first-order valence-electron chi connectivity index (χ1n) is 4.31. The second-order valence-corrected chi connectivity index (χ2v) is 2.76. The Labute approximate surface area is 74.2 Å². The zero-order chi connectivity index (χ0) is 9.40. The lowest BCUT2D eigenvalue weighted by Crippen LogP contribution is -2.20. The molecule has 0 aromatic rings. The smallest absolute Gasteiger partial charge is 0.243 e. The summed E-state index contributed by atoms with van der Waals surface area (Å²) in [5, 5.41) is 5.74. The van der Waals surface area contributed by atoms with E-state index in [0.717, 1.165) is 13.1 Å². The van der Waals surface area contributed by atoms with Crippen molar-refractivity contribution in [2.45, 2.75) is 13.8 Å². The van der Waals surface area contributed by atoms with E-state index in [1.54, 1.807) is 13.1 Å². The van der Waals surface area contributed by atoms with Crippen molar-refractivity contribution >= 4 is 5.91 Å². The van der Waals surface area contributed by atoms with Gasteiger partial charge in [-0.3, -0.25) is 4.79 Å². The summed E-state index contributed by atoms with van der Waals surface area (Å²) in [5.74, 6) is 0.362. The van der Waals surface area contributed by atoms with Gasteiger partial charge in [-0.15, -0.1) is 0 Å². The summed E-state index contributed by atoms with van der Waals surface area (Å²) in [7, 11) is 1.63. The maximum Gasteiger partial charge on any atom is 0.243 e. The molecule has 12 heavy (non-hydrogen) atoms. The van der Waals surface area contributed by atoms with E-state index >= 15 is 0 Å². The molecule has 0 aromatic carbocycles. The fourth-order valence-corrected chi connectivity index (χ4v) is 0.775. The molecule has 0 aromatic heterocycles. The van der Waals surface area contributed by atoms with Crippen molar-refractivity contribution in [2.75, 3.05) is 20.1 Å². The third kappa shape index (κ3) is 5.92. The third-order valence-electron chi connectivity index (χ3n) is 1.54. The molecule has 0 heterocycles. The molecule has 0 saturated heterocycles. The van der Waals surface area contributed by atoms with Crippen LogP contribution >= 0.6 is 0 Å². The molecule has 3 heteroatoms. The molecular weight excluding hydrogens is 152 g/mol. The number of nitrogens with one attached hydrogen (secondary N) is 2. The van der Waals surface area contributed by atoms with E-state index in [0.29, 0.717) is 5.92 Å². The van der Waals surface area contributed by atoms with Gasteiger partial charge in [-0.1, -0.05) is 19.9 Å². The SMILES string of the molecule is CCNCC(C)C=CC(=O)NC. The van der Waals surface area contributed by atoms with Gasteiger partial charge in [-0.2, -0.15) is 0 Å². The lowest BCUT2D eigenvalue weighted by molar-refractivity contribution is -0.116. The predicted octanol–water partition coefficient (Wildman–Crippen LogP) is 0.534. The van der Waals surface area contributed by atoms with Crippen LogP contribution in [0.1, 0.15) is 13.8 Å². The van der Waals surface area contributed by atoms with Crippen LogP contribution in [-0.2, 0) is 4.79 Å². The number of hydrogen-bond acceptors (Lipinski definition) is 2. The molecule has 1 atom stereocenters. The van der Waals surface area contributed by atoms with Crippen molar-refractivity contribution in [3.8, 4) is 0 Å². The van der Waals surface area contributed by atoms with Gasteiger partial charge in [-0.25, -0.2) is 0 Å². The van der Waals surface area contributed by atoms with E-state index in [1.165, 1.54) is 0 Å². The number of likely N-dealkylation sites (N-methyl/N-ethyl adjacent to an activating group) is 1. The van der Waals surface area contributed by atoms with Crippen molar-refractivity contribution < 1.29 is 4.79 Å². The highest BCUT2D eigenvalue weighted by Crippen LogP contribution is 1.93. The molecule has 0 bridgehead atoms. The monoisotopic (exact) mass is 170 g/mol. The largest absolute Gasteiger partial charge is 0.356 e. The summed E-state index contributed by atoms with van der Waals surface area (Å²) >= 11 is 0. The molecule has 0 radical (unpaired) electrons. The Hall–Kier alpha value is -0.830. The summed E-state index contributed by atoms with van der Waals surface area (Å²) in [6.45, 7) is 6.03. The van der Waals surface area contributed by atoms with Crippen LogP contribution in [0.15, 0.2) is 12.2 Å². The molecule has 1 unspecified atom stereocenters. The Bertz CT molecular complexity index is 155. The second kappa shape index (κ2) is 6.85.